The van der Waals surface area contributed by atoms with E-state index < -0.39 is 5.92 Å². The topological polar surface area (TPSA) is 92.9 Å². The average molecular weight is 568 g/mol. The van der Waals surface area contributed by atoms with E-state index in [2.05, 4.69) is 37.1 Å². The zero-order valence-corrected chi connectivity index (χ0v) is 24.0. The van der Waals surface area contributed by atoms with Crippen LogP contribution in [0.3, 0.4) is 0 Å². The predicted octanol–water partition coefficient (Wildman–Crippen LogP) is 5.67. The third-order valence-electron chi connectivity index (χ3n) is 8.68. The van der Waals surface area contributed by atoms with E-state index in [4.69, 9.17) is 0 Å². The molecular formula is C31H43F2N7O. The number of halogens is 2. The number of imidazole rings is 2. The second kappa shape index (κ2) is 13.7. The molecule has 2 fully saturated rings. The molecule has 2 saturated carbocycles. The highest BCUT2D eigenvalue weighted by atomic mass is 19.3. The molecule has 1 aromatic carbocycles. The Bertz CT molecular complexity index is 1150. The Morgan fingerprint density at radius 1 is 0.927 bits per heavy atom. The minimum absolute atomic E-state index is 0.0329. The molecule has 3 N–H and O–H groups in total. The normalized spacial score (nSPS) is 21.3. The third kappa shape index (κ3) is 8.01. The molecule has 41 heavy (non-hydrogen) atoms. The van der Waals surface area contributed by atoms with E-state index >= 15 is 0 Å². The molecule has 0 saturated heterocycles. The lowest BCUT2D eigenvalue weighted by Gasteiger charge is -2.44. The lowest BCUT2D eigenvalue weighted by molar-refractivity contribution is -0.0608. The van der Waals surface area contributed by atoms with Crippen molar-refractivity contribution in [3.63, 3.8) is 0 Å². The van der Waals surface area contributed by atoms with Crippen LogP contribution in [0.1, 0.15) is 92.3 Å². The molecule has 2 aliphatic carbocycles. The van der Waals surface area contributed by atoms with Crippen molar-refractivity contribution in [2.45, 2.75) is 108 Å². The molecule has 2 aliphatic rings. The SMILES string of the molecule is CCCN(C1CCC(NCc2ccc(C(=O)N(Cc3ncc[nH]3)Cc3ncc[nH]3)cc2)CC1)C1CCC(F)(F)CC1. The first kappa shape index (κ1) is 29.4. The number of carbonyl (C=O) groups excluding carboxylic acids is 1. The summed E-state index contributed by atoms with van der Waals surface area (Å²) in [7, 11) is 0. The first-order valence-electron chi connectivity index (χ1n) is 15.1. The van der Waals surface area contributed by atoms with Gasteiger partial charge in [0.2, 0.25) is 5.92 Å². The average Bonchev–Trinajstić information content (AvgIpc) is 3.70. The lowest BCUT2D eigenvalue weighted by atomic mass is 9.85. The van der Waals surface area contributed by atoms with Crippen LogP contribution in [0.5, 0.6) is 0 Å². The zero-order valence-electron chi connectivity index (χ0n) is 24.0. The Labute approximate surface area is 241 Å². The van der Waals surface area contributed by atoms with E-state index in [0.29, 0.717) is 49.6 Å². The molecule has 0 radical (unpaired) electrons. The number of alkyl halides is 2. The Hall–Kier alpha value is -3.11. The summed E-state index contributed by atoms with van der Waals surface area (Å²) in [5, 5.41) is 3.71. The fourth-order valence-corrected chi connectivity index (χ4v) is 6.43. The van der Waals surface area contributed by atoms with E-state index in [-0.39, 0.29) is 18.7 Å². The largest absolute Gasteiger partial charge is 0.347 e. The number of H-pyrrole nitrogens is 2. The van der Waals surface area contributed by atoms with E-state index in [9.17, 15) is 13.6 Å². The van der Waals surface area contributed by atoms with Crippen LogP contribution in [0, 0.1) is 0 Å². The van der Waals surface area contributed by atoms with Crippen LogP contribution in [-0.2, 0) is 19.6 Å². The van der Waals surface area contributed by atoms with Gasteiger partial charge in [-0.05, 0) is 69.2 Å². The fourth-order valence-electron chi connectivity index (χ4n) is 6.43. The molecule has 1 amide bonds. The highest BCUT2D eigenvalue weighted by Gasteiger charge is 2.39. The number of carbonyl (C=O) groups is 1. The van der Waals surface area contributed by atoms with Crippen LogP contribution in [0.25, 0.3) is 0 Å². The quantitative estimate of drug-likeness (QED) is 0.262. The molecule has 2 aromatic heterocycles. The number of nitrogens with one attached hydrogen (secondary N) is 3. The summed E-state index contributed by atoms with van der Waals surface area (Å²) in [6, 6.07) is 9.08. The molecule has 0 aliphatic heterocycles. The summed E-state index contributed by atoms with van der Waals surface area (Å²) in [6.07, 6.45) is 13.6. The number of aromatic nitrogens is 4. The van der Waals surface area contributed by atoms with Crippen molar-refractivity contribution in [2.75, 3.05) is 6.54 Å². The molecule has 222 valence electrons. The fraction of sp³-hybridized carbons (Fsp3) is 0.581. The molecule has 0 spiro atoms. The van der Waals surface area contributed by atoms with Crippen molar-refractivity contribution in [3.8, 4) is 0 Å². The van der Waals surface area contributed by atoms with Gasteiger partial charge in [0, 0.05) is 67.9 Å². The second-order valence-electron chi connectivity index (χ2n) is 11.6. The van der Waals surface area contributed by atoms with Gasteiger partial charge in [-0.25, -0.2) is 18.7 Å². The van der Waals surface area contributed by atoms with Crippen LogP contribution in [0.2, 0.25) is 0 Å². The molecule has 5 rings (SSSR count). The molecule has 0 atom stereocenters. The lowest BCUT2D eigenvalue weighted by Crippen LogP contribution is -2.49. The van der Waals surface area contributed by atoms with E-state index in [1.54, 1.807) is 29.7 Å². The molecule has 0 bridgehead atoms. The minimum Gasteiger partial charge on any atom is -0.347 e. The van der Waals surface area contributed by atoms with E-state index in [1.165, 1.54) is 0 Å². The first-order chi connectivity index (χ1) is 19.9. The maximum atomic E-state index is 13.7. The second-order valence-corrected chi connectivity index (χ2v) is 11.6. The van der Waals surface area contributed by atoms with Gasteiger partial charge >= 0.3 is 0 Å². The van der Waals surface area contributed by atoms with Gasteiger partial charge < -0.3 is 20.2 Å². The van der Waals surface area contributed by atoms with Crippen molar-refractivity contribution in [1.29, 1.82) is 0 Å². The number of amides is 1. The van der Waals surface area contributed by atoms with Crippen molar-refractivity contribution in [3.05, 3.63) is 71.8 Å². The number of nitrogens with zero attached hydrogens (tertiary/aromatic N) is 4. The number of rotatable bonds is 12. The summed E-state index contributed by atoms with van der Waals surface area (Å²) < 4.78 is 27.5. The standard InChI is InChI=1S/C31H43F2N7O/c1-2-19-40(27-11-13-31(32,33)14-12-27)26-9-7-25(8-10-26)38-20-23-3-5-24(6-4-23)30(41)39(21-28-34-15-16-35-28)22-29-36-17-18-37-29/h3-6,15-18,25-27,38H,2,7-14,19-22H2,1H3,(H,34,35)(H,36,37). The van der Waals surface area contributed by atoms with Gasteiger partial charge in [0.1, 0.15) is 11.6 Å². The Balaban J connectivity index is 1.11. The summed E-state index contributed by atoms with van der Waals surface area (Å²) in [4.78, 5) is 32.4. The van der Waals surface area contributed by atoms with Crippen molar-refractivity contribution in [1.82, 2.24) is 35.1 Å². The Morgan fingerprint density at radius 3 is 2.05 bits per heavy atom. The third-order valence-corrected chi connectivity index (χ3v) is 8.68. The van der Waals surface area contributed by atoms with Gasteiger partial charge in [0.25, 0.3) is 5.91 Å². The van der Waals surface area contributed by atoms with Crippen LogP contribution in [-0.4, -0.2) is 66.2 Å². The number of hydrogen-bond acceptors (Lipinski definition) is 5. The Kier molecular flexibility index (Phi) is 9.82. The van der Waals surface area contributed by atoms with Crippen LogP contribution >= 0.6 is 0 Å². The van der Waals surface area contributed by atoms with Gasteiger partial charge in [0.05, 0.1) is 13.1 Å². The maximum absolute atomic E-state index is 13.7. The van der Waals surface area contributed by atoms with E-state index in [0.717, 1.165) is 62.4 Å². The molecule has 0 unspecified atom stereocenters. The molecule has 3 aromatic rings. The van der Waals surface area contributed by atoms with Gasteiger partial charge in [-0.3, -0.25) is 9.69 Å². The highest BCUT2D eigenvalue weighted by molar-refractivity contribution is 5.94. The molecular weight excluding hydrogens is 524 g/mol. The summed E-state index contributed by atoms with van der Waals surface area (Å²) >= 11 is 0. The number of aromatic amines is 2. The van der Waals surface area contributed by atoms with Crippen molar-refractivity contribution >= 4 is 5.91 Å². The zero-order chi connectivity index (χ0) is 28.7. The van der Waals surface area contributed by atoms with Gasteiger partial charge in [-0.1, -0.05) is 19.1 Å². The Morgan fingerprint density at radius 2 is 1.51 bits per heavy atom. The monoisotopic (exact) mass is 567 g/mol. The maximum Gasteiger partial charge on any atom is 0.254 e. The smallest absolute Gasteiger partial charge is 0.254 e. The first-order valence-corrected chi connectivity index (χ1v) is 15.1. The summed E-state index contributed by atoms with van der Waals surface area (Å²) in [6.45, 7) is 4.67. The van der Waals surface area contributed by atoms with Crippen molar-refractivity contribution in [2.24, 2.45) is 0 Å². The van der Waals surface area contributed by atoms with Gasteiger partial charge in [-0.15, -0.1) is 0 Å². The van der Waals surface area contributed by atoms with Crippen molar-refractivity contribution < 1.29 is 13.6 Å². The van der Waals surface area contributed by atoms with E-state index in [1.807, 2.05) is 24.3 Å². The molecule has 10 heteroatoms. The van der Waals surface area contributed by atoms with Crippen LogP contribution < -0.4 is 5.32 Å². The van der Waals surface area contributed by atoms with Gasteiger partial charge in [0.15, 0.2) is 0 Å². The number of hydrogen-bond donors (Lipinski definition) is 3. The summed E-state index contributed by atoms with van der Waals surface area (Å²) in [5.41, 5.74) is 1.77. The summed E-state index contributed by atoms with van der Waals surface area (Å²) in [5.74, 6) is -1.10. The van der Waals surface area contributed by atoms with Crippen LogP contribution in [0.15, 0.2) is 49.1 Å². The molecule has 2 heterocycles. The minimum atomic E-state index is -2.47. The van der Waals surface area contributed by atoms with Gasteiger partial charge in [-0.2, -0.15) is 0 Å². The number of benzene rings is 1. The van der Waals surface area contributed by atoms with Crippen LogP contribution in [0.4, 0.5) is 8.78 Å². The predicted molar refractivity (Wildman–Crippen MR) is 154 cm³/mol. The highest BCUT2D eigenvalue weighted by Crippen LogP contribution is 2.37. The molecule has 8 nitrogen and oxygen atoms in total.